The van der Waals surface area contributed by atoms with Crippen molar-refractivity contribution in [3.05, 3.63) is 45.6 Å². The zero-order chi connectivity index (χ0) is 13.3. The standard InChI is InChI=1S/C11H9FN2O3S/c1-6-7(2)17-11(13-6)18-10-4-8(12)3-9(5-10)14(15)16/h3-5H,1-2H3. The third-order valence-electron chi connectivity index (χ3n) is 2.28. The molecule has 7 heteroatoms. The van der Waals surface area contributed by atoms with Crippen LogP contribution in [-0.4, -0.2) is 9.91 Å². The van der Waals surface area contributed by atoms with Crippen LogP contribution >= 0.6 is 11.8 Å². The van der Waals surface area contributed by atoms with Crippen LogP contribution in [0.25, 0.3) is 0 Å². The van der Waals surface area contributed by atoms with E-state index in [1.54, 1.807) is 13.8 Å². The SMILES string of the molecule is Cc1nc(Sc2cc(F)cc([N+](=O)[O-])c2)oc1C. The molecule has 2 aromatic rings. The average molecular weight is 268 g/mol. The van der Waals surface area contributed by atoms with Gasteiger partial charge in [-0.15, -0.1) is 0 Å². The van der Waals surface area contributed by atoms with Crippen LogP contribution in [0.1, 0.15) is 11.5 Å². The number of rotatable bonds is 3. The van der Waals surface area contributed by atoms with Gasteiger partial charge in [0, 0.05) is 11.0 Å². The first-order chi connectivity index (χ1) is 8.45. The largest absolute Gasteiger partial charge is 0.436 e. The van der Waals surface area contributed by atoms with E-state index in [4.69, 9.17) is 4.42 Å². The molecule has 5 nitrogen and oxygen atoms in total. The van der Waals surface area contributed by atoms with Gasteiger partial charge in [-0.05, 0) is 31.7 Å². The molecule has 0 bridgehead atoms. The van der Waals surface area contributed by atoms with E-state index in [0.717, 1.165) is 23.5 Å². The third kappa shape index (κ3) is 2.67. The molecule has 0 fully saturated rings. The molecule has 1 heterocycles. The summed E-state index contributed by atoms with van der Waals surface area (Å²) < 4.78 is 18.5. The van der Waals surface area contributed by atoms with E-state index < -0.39 is 10.7 Å². The lowest BCUT2D eigenvalue weighted by molar-refractivity contribution is -0.385. The summed E-state index contributed by atoms with van der Waals surface area (Å²) in [5, 5.41) is 10.9. The van der Waals surface area contributed by atoms with Gasteiger partial charge < -0.3 is 4.42 Å². The second kappa shape index (κ2) is 4.77. The Morgan fingerprint density at radius 3 is 2.67 bits per heavy atom. The first kappa shape index (κ1) is 12.6. The Kier molecular flexibility index (Phi) is 3.33. The molecule has 2 rings (SSSR count). The molecule has 0 amide bonds. The van der Waals surface area contributed by atoms with Gasteiger partial charge in [0.2, 0.25) is 0 Å². The summed E-state index contributed by atoms with van der Waals surface area (Å²) in [6, 6.07) is 3.35. The van der Waals surface area contributed by atoms with E-state index in [0.29, 0.717) is 15.9 Å². The van der Waals surface area contributed by atoms with Crippen LogP contribution in [0.3, 0.4) is 0 Å². The van der Waals surface area contributed by atoms with Gasteiger partial charge in [-0.3, -0.25) is 10.1 Å². The number of aromatic nitrogens is 1. The fourth-order valence-corrected chi connectivity index (χ4v) is 2.20. The monoisotopic (exact) mass is 268 g/mol. The molecule has 1 aromatic carbocycles. The first-order valence-corrected chi connectivity index (χ1v) is 5.84. The molecule has 0 unspecified atom stereocenters. The smallest absolute Gasteiger partial charge is 0.273 e. The molecule has 0 saturated carbocycles. The summed E-state index contributed by atoms with van der Waals surface area (Å²) in [4.78, 5) is 14.5. The van der Waals surface area contributed by atoms with Crippen molar-refractivity contribution in [2.45, 2.75) is 24.0 Å². The normalized spacial score (nSPS) is 10.6. The minimum Gasteiger partial charge on any atom is -0.436 e. The van der Waals surface area contributed by atoms with Gasteiger partial charge in [-0.2, -0.15) is 0 Å². The van der Waals surface area contributed by atoms with Gasteiger partial charge in [0.05, 0.1) is 16.7 Å². The summed E-state index contributed by atoms with van der Waals surface area (Å²) in [5.74, 6) is 0.00935. The third-order valence-corrected chi connectivity index (χ3v) is 3.10. The number of nitro benzene ring substituents is 1. The fraction of sp³-hybridized carbons (Fsp3) is 0.182. The van der Waals surface area contributed by atoms with Crippen LogP contribution < -0.4 is 0 Å². The predicted molar refractivity (Wildman–Crippen MR) is 63.2 cm³/mol. The number of non-ortho nitro benzene ring substituents is 1. The van der Waals surface area contributed by atoms with E-state index in [9.17, 15) is 14.5 Å². The van der Waals surface area contributed by atoms with Crippen LogP contribution in [0.15, 0.2) is 32.7 Å². The second-order valence-electron chi connectivity index (χ2n) is 3.63. The molecule has 0 saturated heterocycles. The van der Waals surface area contributed by atoms with Gasteiger partial charge in [-0.1, -0.05) is 0 Å². The molecular formula is C11H9FN2O3S. The van der Waals surface area contributed by atoms with Gasteiger partial charge in [0.25, 0.3) is 10.9 Å². The van der Waals surface area contributed by atoms with E-state index in [1.165, 1.54) is 12.1 Å². The van der Waals surface area contributed by atoms with Gasteiger partial charge >= 0.3 is 0 Å². The lowest BCUT2D eigenvalue weighted by Gasteiger charge is -1.98. The van der Waals surface area contributed by atoms with Crippen molar-refractivity contribution in [2.24, 2.45) is 0 Å². The minimum atomic E-state index is -0.660. The van der Waals surface area contributed by atoms with E-state index >= 15 is 0 Å². The lowest BCUT2D eigenvalue weighted by atomic mass is 10.3. The van der Waals surface area contributed by atoms with E-state index in [2.05, 4.69) is 4.98 Å². The number of nitrogens with zero attached hydrogens (tertiary/aromatic N) is 2. The molecule has 0 atom stereocenters. The number of aryl methyl sites for hydroxylation is 2. The Labute approximate surface area is 106 Å². The highest BCUT2D eigenvalue weighted by atomic mass is 32.2. The van der Waals surface area contributed by atoms with Crippen LogP contribution in [0.2, 0.25) is 0 Å². The van der Waals surface area contributed by atoms with Crippen molar-refractivity contribution < 1.29 is 13.7 Å². The minimum absolute atomic E-state index is 0.294. The average Bonchev–Trinajstić information content (AvgIpc) is 2.56. The zero-order valence-electron chi connectivity index (χ0n) is 9.64. The number of hydrogen-bond donors (Lipinski definition) is 0. The summed E-state index contributed by atoms with van der Waals surface area (Å²) >= 11 is 1.05. The summed E-state index contributed by atoms with van der Waals surface area (Å²) in [6.07, 6.45) is 0. The van der Waals surface area contributed by atoms with Crippen LogP contribution in [0.5, 0.6) is 0 Å². The first-order valence-electron chi connectivity index (χ1n) is 5.02. The molecule has 94 valence electrons. The maximum absolute atomic E-state index is 13.2. The van der Waals surface area contributed by atoms with E-state index in [1.807, 2.05) is 0 Å². The van der Waals surface area contributed by atoms with Crippen LogP contribution in [0.4, 0.5) is 10.1 Å². The molecule has 0 radical (unpaired) electrons. The summed E-state index contributed by atoms with van der Waals surface area (Å²) in [7, 11) is 0. The van der Waals surface area contributed by atoms with Gasteiger partial charge in [-0.25, -0.2) is 9.37 Å². The van der Waals surface area contributed by atoms with Gasteiger partial charge in [0.15, 0.2) is 0 Å². The van der Waals surface area contributed by atoms with Crippen molar-refractivity contribution in [2.75, 3.05) is 0 Å². The number of benzene rings is 1. The van der Waals surface area contributed by atoms with Crippen LogP contribution in [-0.2, 0) is 0 Å². The second-order valence-corrected chi connectivity index (χ2v) is 4.65. The Hall–Kier alpha value is -1.89. The van der Waals surface area contributed by atoms with Crippen molar-refractivity contribution in [3.63, 3.8) is 0 Å². The van der Waals surface area contributed by atoms with Crippen molar-refractivity contribution >= 4 is 17.4 Å². The maximum Gasteiger partial charge on any atom is 0.273 e. The van der Waals surface area contributed by atoms with Crippen LogP contribution in [0, 0.1) is 29.8 Å². The zero-order valence-corrected chi connectivity index (χ0v) is 10.5. The number of hydrogen-bond acceptors (Lipinski definition) is 5. The molecule has 0 aliphatic rings. The lowest BCUT2D eigenvalue weighted by Crippen LogP contribution is -1.89. The highest BCUT2D eigenvalue weighted by molar-refractivity contribution is 7.99. The Morgan fingerprint density at radius 1 is 1.39 bits per heavy atom. The quantitative estimate of drug-likeness (QED) is 0.629. The molecule has 0 N–H and O–H groups in total. The number of oxazole rings is 1. The topological polar surface area (TPSA) is 69.2 Å². The van der Waals surface area contributed by atoms with Crippen molar-refractivity contribution in [1.82, 2.24) is 4.98 Å². The maximum atomic E-state index is 13.2. The van der Waals surface area contributed by atoms with Crippen molar-refractivity contribution in [3.8, 4) is 0 Å². The highest BCUT2D eigenvalue weighted by Gasteiger charge is 2.13. The van der Waals surface area contributed by atoms with Crippen molar-refractivity contribution in [1.29, 1.82) is 0 Å². The Morgan fingerprint density at radius 2 is 2.11 bits per heavy atom. The summed E-state index contributed by atoms with van der Waals surface area (Å²) in [6.45, 7) is 3.55. The van der Waals surface area contributed by atoms with Gasteiger partial charge in [0.1, 0.15) is 11.6 Å². The van der Waals surface area contributed by atoms with E-state index in [-0.39, 0.29) is 5.69 Å². The summed E-state index contributed by atoms with van der Waals surface area (Å²) in [5.41, 5.74) is 0.445. The number of nitro groups is 1. The fourth-order valence-electron chi connectivity index (χ4n) is 1.30. The molecule has 0 spiro atoms. The molecule has 1 aromatic heterocycles. The molecular weight excluding hydrogens is 259 g/mol. The Balaban J connectivity index is 2.31. The Bertz CT molecular complexity index is 593. The molecule has 0 aliphatic carbocycles. The number of halogens is 1. The molecule has 18 heavy (non-hydrogen) atoms. The molecule has 0 aliphatic heterocycles. The highest BCUT2D eigenvalue weighted by Crippen LogP contribution is 2.31. The predicted octanol–water partition coefficient (Wildman–Crippen LogP) is 3.49.